The van der Waals surface area contributed by atoms with Crippen molar-refractivity contribution in [2.24, 2.45) is 0 Å². The Hall–Kier alpha value is -4.51. The van der Waals surface area contributed by atoms with Crippen molar-refractivity contribution in [2.45, 2.75) is 0 Å². The molecule has 6 aromatic rings. The minimum atomic E-state index is -0.417. The molecule has 6 rings (SSSR count). The Morgan fingerprint density at radius 1 is 0.545 bits per heavy atom. The summed E-state index contributed by atoms with van der Waals surface area (Å²) < 4.78 is 17.3. The largest absolute Gasteiger partial charge is 0.278 e. The van der Waals surface area contributed by atoms with Crippen molar-refractivity contribution < 1.29 is 4.39 Å². The third kappa shape index (κ3) is 2.83. The molecule has 2 aromatic heterocycles. The second-order valence-corrected chi connectivity index (χ2v) is 7.90. The monoisotopic (exact) mass is 432 g/mol. The van der Waals surface area contributed by atoms with Crippen LogP contribution in [0.3, 0.4) is 0 Å². The molecule has 0 saturated carbocycles. The second kappa shape index (κ2) is 7.28. The summed E-state index contributed by atoms with van der Waals surface area (Å²) in [5.74, 6) is -0.417. The molecule has 0 aliphatic carbocycles. The molecule has 158 valence electrons. The van der Waals surface area contributed by atoms with Crippen LogP contribution >= 0.6 is 0 Å². The van der Waals surface area contributed by atoms with Crippen molar-refractivity contribution in [1.82, 2.24) is 9.03 Å². The van der Waals surface area contributed by atoms with E-state index in [9.17, 15) is 14.0 Å². The van der Waals surface area contributed by atoms with Crippen molar-refractivity contribution in [3.63, 3.8) is 0 Å². The third-order valence-corrected chi connectivity index (χ3v) is 5.99. The van der Waals surface area contributed by atoms with Crippen molar-refractivity contribution in [3.8, 4) is 22.4 Å². The summed E-state index contributed by atoms with van der Waals surface area (Å²) >= 11 is 0. The van der Waals surface area contributed by atoms with Gasteiger partial charge in [-0.05, 0) is 35.9 Å². The van der Waals surface area contributed by atoms with Crippen LogP contribution in [0.5, 0.6) is 0 Å². The van der Waals surface area contributed by atoms with Gasteiger partial charge in [0.2, 0.25) is 0 Å². The Bertz CT molecular complexity index is 1800. The first-order valence-corrected chi connectivity index (χ1v) is 10.6. The molecule has 0 spiro atoms. The summed E-state index contributed by atoms with van der Waals surface area (Å²) in [6, 6.07) is 30.0. The van der Waals surface area contributed by atoms with E-state index in [1.807, 2.05) is 60.7 Å². The Morgan fingerprint density at radius 2 is 1.09 bits per heavy atom. The van der Waals surface area contributed by atoms with E-state index >= 15 is 0 Å². The van der Waals surface area contributed by atoms with Gasteiger partial charge in [0.1, 0.15) is 5.82 Å². The zero-order valence-electron chi connectivity index (χ0n) is 17.4. The fourth-order valence-corrected chi connectivity index (χ4v) is 4.57. The number of nitrogens with zero attached hydrogens (tertiary/aromatic N) is 2. The lowest BCUT2D eigenvalue weighted by atomic mass is 9.95. The molecule has 0 fully saturated rings. The minimum Gasteiger partial charge on any atom is -0.267 e. The molecule has 0 radical (unpaired) electrons. The molecule has 4 nitrogen and oxygen atoms in total. The van der Waals surface area contributed by atoms with Crippen LogP contribution in [0.15, 0.2) is 113 Å². The summed E-state index contributed by atoms with van der Waals surface area (Å²) in [5, 5.41) is 1.21. The van der Waals surface area contributed by atoms with Crippen molar-refractivity contribution in [2.75, 3.05) is 0 Å². The van der Waals surface area contributed by atoms with E-state index in [0.717, 1.165) is 11.1 Å². The van der Waals surface area contributed by atoms with Gasteiger partial charge in [-0.3, -0.25) is 9.59 Å². The van der Waals surface area contributed by atoms with Gasteiger partial charge in [0.05, 0.1) is 22.0 Å². The van der Waals surface area contributed by atoms with E-state index < -0.39 is 5.82 Å². The predicted octanol–water partition coefficient (Wildman–Crippen LogP) is 5.54. The van der Waals surface area contributed by atoms with E-state index in [1.54, 1.807) is 30.3 Å². The van der Waals surface area contributed by atoms with E-state index in [0.29, 0.717) is 32.9 Å². The number of rotatable bonds is 2. The first-order chi connectivity index (χ1) is 16.1. The van der Waals surface area contributed by atoms with Gasteiger partial charge in [-0.15, -0.1) is 0 Å². The molecule has 0 aliphatic heterocycles. The summed E-state index contributed by atoms with van der Waals surface area (Å²) in [6.07, 6.45) is 0. The van der Waals surface area contributed by atoms with Crippen molar-refractivity contribution in [1.29, 1.82) is 0 Å². The topological polar surface area (TPSA) is 43.0 Å². The number of hydrogen-bond donors (Lipinski definition) is 0. The van der Waals surface area contributed by atoms with E-state index in [4.69, 9.17) is 0 Å². The Morgan fingerprint density at radius 3 is 1.73 bits per heavy atom. The van der Waals surface area contributed by atoms with Crippen LogP contribution in [0.25, 0.3) is 44.1 Å². The molecule has 0 atom stereocenters. The first kappa shape index (κ1) is 19.2. The zero-order valence-corrected chi connectivity index (χ0v) is 17.4. The van der Waals surface area contributed by atoms with Crippen LogP contribution < -0.4 is 11.1 Å². The van der Waals surface area contributed by atoms with Crippen LogP contribution in [-0.2, 0) is 0 Å². The number of halogens is 1. The lowest BCUT2D eigenvalue weighted by molar-refractivity contribution is 0.629. The maximum absolute atomic E-state index is 14.5. The molecular formula is C28H17FN2O2. The highest BCUT2D eigenvalue weighted by Gasteiger charge is 2.21. The molecule has 0 N–H and O–H groups in total. The molecular weight excluding hydrogens is 415 g/mol. The van der Waals surface area contributed by atoms with Crippen LogP contribution in [0.4, 0.5) is 4.39 Å². The minimum absolute atomic E-state index is 0.313. The first-order valence-electron chi connectivity index (χ1n) is 10.6. The van der Waals surface area contributed by atoms with Gasteiger partial charge >= 0.3 is 0 Å². The Kier molecular flexibility index (Phi) is 4.23. The molecule has 0 aliphatic rings. The Labute approximate surface area is 187 Å². The lowest BCUT2D eigenvalue weighted by Gasteiger charge is -2.20. The maximum atomic E-state index is 14.5. The fraction of sp³-hybridized carbons (Fsp3) is 0. The molecule has 33 heavy (non-hydrogen) atoms. The van der Waals surface area contributed by atoms with Crippen LogP contribution in [0, 0.1) is 5.82 Å². The SMILES string of the molecule is O=c1c2ccccc2c(=O)n2c3ccc(F)cc3c(-c3ccccc3)c(-c3ccccc3)n12. The van der Waals surface area contributed by atoms with E-state index in [1.165, 1.54) is 21.2 Å². The molecule has 0 unspecified atom stereocenters. The molecule has 0 saturated heterocycles. The standard InChI is InChI=1S/C28H17FN2O2/c29-20-15-16-24-23(17-20)25(18-9-3-1-4-10-18)26(19-11-5-2-6-12-19)31-28(33)22-14-8-7-13-21(22)27(32)30(24)31/h1-17H. The van der Waals surface area contributed by atoms with Gasteiger partial charge in [0, 0.05) is 16.5 Å². The highest BCUT2D eigenvalue weighted by Crippen LogP contribution is 2.37. The zero-order chi connectivity index (χ0) is 22.5. The average molecular weight is 432 g/mol. The summed E-state index contributed by atoms with van der Waals surface area (Å²) in [5.41, 5.74) is 2.61. The highest BCUT2D eigenvalue weighted by molar-refractivity contribution is 6.01. The molecule has 4 aromatic carbocycles. The van der Waals surface area contributed by atoms with E-state index in [2.05, 4.69) is 0 Å². The normalized spacial score (nSPS) is 11.4. The quantitative estimate of drug-likeness (QED) is 0.266. The average Bonchev–Trinajstić information content (AvgIpc) is 2.87. The summed E-state index contributed by atoms with van der Waals surface area (Å²) in [6.45, 7) is 0. The second-order valence-electron chi connectivity index (χ2n) is 7.90. The Balaban J connectivity index is 2.02. The molecule has 2 heterocycles. The van der Waals surface area contributed by atoms with E-state index in [-0.39, 0.29) is 11.1 Å². The highest BCUT2D eigenvalue weighted by atomic mass is 19.1. The molecule has 0 bridgehead atoms. The van der Waals surface area contributed by atoms with Crippen molar-refractivity contribution in [3.05, 3.63) is 130 Å². The number of aromatic nitrogens is 2. The van der Waals surface area contributed by atoms with Gasteiger partial charge in [0.25, 0.3) is 11.1 Å². The summed E-state index contributed by atoms with van der Waals surface area (Å²) in [7, 11) is 0. The number of hydrogen-bond acceptors (Lipinski definition) is 2. The molecule has 0 amide bonds. The third-order valence-electron chi connectivity index (χ3n) is 5.99. The summed E-state index contributed by atoms with van der Waals surface area (Å²) in [4.78, 5) is 27.5. The number of fused-ring (bicyclic) bond motifs is 4. The lowest BCUT2D eigenvalue weighted by Crippen LogP contribution is -2.32. The predicted molar refractivity (Wildman–Crippen MR) is 129 cm³/mol. The van der Waals surface area contributed by atoms with Crippen LogP contribution in [-0.4, -0.2) is 9.03 Å². The van der Waals surface area contributed by atoms with Gasteiger partial charge in [-0.2, -0.15) is 0 Å². The number of benzene rings is 4. The van der Waals surface area contributed by atoms with Gasteiger partial charge in [0.15, 0.2) is 0 Å². The van der Waals surface area contributed by atoms with Gasteiger partial charge < -0.3 is 0 Å². The smallest absolute Gasteiger partial charge is 0.267 e. The molecule has 5 heteroatoms. The van der Waals surface area contributed by atoms with Gasteiger partial charge in [-0.1, -0.05) is 72.8 Å². The van der Waals surface area contributed by atoms with Crippen molar-refractivity contribution >= 4 is 21.7 Å². The maximum Gasteiger partial charge on any atom is 0.278 e. The van der Waals surface area contributed by atoms with Crippen LogP contribution in [0.1, 0.15) is 0 Å². The fourth-order valence-electron chi connectivity index (χ4n) is 4.57. The van der Waals surface area contributed by atoms with Gasteiger partial charge in [-0.25, -0.2) is 13.4 Å². The van der Waals surface area contributed by atoms with Crippen LogP contribution in [0.2, 0.25) is 0 Å².